The molecule has 0 saturated carbocycles. The topological polar surface area (TPSA) is 58.6 Å². The minimum atomic E-state index is -1.02. The molecule has 0 bridgehead atoms. The molecular weight excluding hydrogens is 268 g/mol. The van der Waals surface area contributed by atoms with Crippen molar-refractivity contribution in [1.29, 1.82) is 0 Å². The fourth-order valence-electron chi connectivity index (χ4n) is 1.97. The zero-order chi connectivity index (χ0) is 15.2. The first-order valence-corrected chi connectivity index (χ1v) is 6.25. The highest BCUT2D eigenvalue weighted by atomic mass is 19.2. The van der Waals surface area contributed by atoms with E-state index in [0.29, 0.717) is 6.42 Å². The fraction of sp³-hybridized carbons (Fsp3) is 0.500. The number of aliphatic hydroxyl groups excluding tert-OH is 1. The molecule has 1 atom stereocenters. The van der Waals surface area contributed by atoms with Crippen LogP contribution in [0.25, 0.3) is 0 Å². The minimum absolute atomic E-state index is 0.00809. The van der Waals surface area contributed by atoms with Crippen LogP contribution in [-0.4, -0.2) is 36.9 Å². The van der Waals surface area contributed by atoms with E-state index in [4.69, 9.17) is 9.84 Å². The molecule has 6 heteroatoms. The van der Waals surface area contributed by atoms with Gasteiger partial charge in [-0.25, -0.2) is 8.78 Å². The predicted molar refractivity (Wildman–Crippen MR) is 70.2 cm³/mol. The van der Waals surface area contributed by atoms with Gasteiger partial charge in [0, 0.05) is 19.3 Å². The van der Waals surface area contributed by atoms with Crippen LogP contribution in [0.2, 0.25) is 0 Å². The first-order valence-electron chi connectivity index (χ1n) is 6.25. The summed E-state index contributed by atoms with van der Waals surface area (Å²) in [5, 5.41) is 11.7. The van der Waals surface area contributed by atoms with Crippen molar-refractivity contribution in [3.05, 3.63) is 35.4 Å². The highest BCUT2D eigenvalue weighted by Crippen LogP contribution is 2.14. The van der Waals surface area contributed by atoms with Gasteiger partial charge in [-0.3, -0.25) is 4.79 Å². The number of carbonyl (C=O) groups is 1. The van der Waals surface area contributed by atoms with Gasteiger partial charge >= 0.3 is 0 Å². The van der Waals surface area contributed by atoms with E-state index in [0.717, 1.165) is 6.07 Å². The van der Waals surface area contributed by atoms with Crippen molar-refractivity contribution in [1.82, 2.24) is 5.32 Å². The molecule has 0 heterocycles. The lowest BCUT2D eigenvalue weighted by Gasteiger charge is -2.29. The molecule has 0 aliphatic rings. The number of benzene rings is 1. The van der Waals surface area contributed by atoms with E-state index in [1.54, 1.807) is 6.92 Å². The largest absolute Gasteiger partial charge is 0.396 e. The summed E-state index contributed by atoms with van der Waals surface area (Å²) in [5.74, 6) is -2.45. The van der Waals surface area contributed by atoms with E-state index in [1.165, 1.54) is 19.2 Å². The summed E-state index contributed by atoms with van der Waals surface area (Å²) in [6, 6.07) is 3.71. The molecular formula is C14H19F2NO3. The summed E-state index contributed by atoms with van der Waals surface area (Å²) >= 11 is 0. The van der Waals surface area contributed by atoms with Crippen LogP contribution in [0.15, 0.2) is 18.2 Å². The highest BCUT2D eigenvalue weighted by molar-refractivity contribution is 5.79. The van der Waals surface area contributed by atoms with E-state index >= 15 is 0 Å². The summed E-state index contributed by atoms with van der Waals surface area (Å²) in [6.45, 7) is 1.81. The second kappa shape index (κ2) is 7.31. The van der Waals surface area contributed by atoms with Gasteiger partial charge in [-0.05, 0) is 19.4 Å². The zero-order valence-electron chi connectivity index (χ0n) is 11.6. The Morgan fingerprint density at radius 2 is 2.15 bits per heavy atom. The number of ether oxygens (including phenoxy) is 1. The molecule has 0 fully saturated rings. The molecule has 1 aromatic rings. The zero-order valence-corrected chi connectivity index (χ0v) is 11.6. The molecule has 0 saturated heterocycles. The average molecular weight is 287 g/mol. The molecule has 1 rings (SSSR count). The van der Waals surface area contributed by atoms with Gasteiger partial charge in [0.15, 0.2) is 11.6 Å². The monoisotopic (exact) mass is 287 g/mol. The molecule has 0 aliphatic carbocycles. The van der Waals surface area contributed by atoms with Gasteiger partial charge in [0.1, 0.15) is 0 Å². The smallest absolute Gasteiger partial charge is 0.225 e. The number of aliphatic hydroxyl groups is 1. The second-order valence-electron chi connectivity index (χ2n) is 4.91. The van der Waals surface area contributed by atoms with Crippen LogP contribution in [0, 0.1) is 11.6 Å². The summed E-state index contributed by atoms with van der Waals surface area (Å²) in [4.78, 5) is 11.9. The van der Waals surface area contributed by atoms with E-state index in [1.807, 2.05) is 0 Å². The molecule has 2 N–H and O–H groups in total. The van der Waals surface area contributed by atoms with Gasteiger partial charge in [-0.1, -0.05) is 12.1 Å². The maximum absolute atomic E-state index is 13.5. The number of halogens is 2. The lowest BCUT2D eigenvalue weighted by Crippen LogP contribution is -2.50. The van der Waals surface area contributed by atoms with Crippen molar-refractivity contribution >= 4 is 5.91 Å². The first-order chi connectivity index (χ1) is 9.41. The Balaban J connectivity index is 2.73. The van der Waals surface area contributed by atoms with E-state index < -0.39 is 23.1 Å². The maximum atomic E-state index is 13.5. The highest BCUT2D eigenvalue weighted by Gasteiger charge is 2.26. The molecule has 4 nitrogen and oxygen atoms in total. The number of hydrogen-bond acceptors (Lipinski definition) is 3. The Morgan fingerprint density at radius 1 is 1.45 bits per heavy atom. The maximum Gasteiger partial charge on any atom is 0.225 e. The fourth-order valence-corrected chi connectivity index (χ4v) is 1.97. The van der Waals surface area contributed by atoms with Crippen molar-refractivity contribution < 1.29 is 23.4 Å². The van der Waals surface area contributed by atoms with Crippen molar-refractivity contribution in [2.75, 3.05) is 20.3 Å². The molecule has 112 valence electrons. The van der Waals surface area contributed by atoms with Crippen LogP contribution in [0.5, 0.6) is 0 Å². The van der Waals surface area contributed by atoms with Crippen molar-refractivity contribution in [3.8, 4) is 0 Å². The third-order valence-corrected chi connectivity index (χ3v) is 2.95. The normalized spacial score (nSPS) is 13.8. The van der Waals surface area contributed by atoms with Gasteiger partial charge in [-0.15, -0.1) is 0 Å². The molecule has 1 unspecified atom stereocenters. The van der Waals surface area contributed by atoms with Crippen LogP contribution in [0.3, 0.4) is 0 Å². The van der Waals surface area contributed by atoms with E-state index in [2.05, 4.69) is 5.32 Å². The van der Waals surface area contributed by atoms with Crippen LogP contribution in [0.1, 0.15) is 18.9 Å². The molecule has 1 aromatic carbocycles. The standard InChI is InChI=1S/C14H19F2NO3/c1-14(6-7-18,9-20-2)17-12(19)8-10-4-3-5-11(15)13(10)16/h3-5,18H,6-9H2,1-2H3,(H,17,19). The number of methoxy groups -OCH3 is 1. The van der Waals surface area contributed by atoms with E-state index in [9.17, 15) is 13.6 Å². The number of nitrogens with one attached hydrogen (secondary N) is 1. The lowest BCUT2D eigenvalue weighted by molar-refractivity contribution is -0.123. The predicted octanol–water partition coefficient (Wildman–Crippen LogP) is 1.41. The first kappa shape index (κ1) is 16.5. The van der Waals surface area contributed by atoms with Crippen LogP contribution in [-0.2, 0) is 16.0 Å². The van der Waals surface area contributed by atoms with Crippen molar-refractivity contribution in [3.63, 3.8) is 0 Å². The van der Waals surface area contributed by atoms with Gasteiger partial charge in [0.05, 0.1) is 18.6 Å². The quantitative estimate of drug-likeness (QED) is 0.797. The SMILES string of the molecule is COCC(C)(CCO)NC(=O)Cc1cccc(F)c1F. The van der Waals surface area contributed by atoms with Crippen molar-refractivity contribution in [2.45, 2.75) is 25.3 Å². The van der Waals surface area contributed by atoms with E-state index in [-0.39, 0.29) is 25.2 Å². The number of carbonyl (C=O) groups excluding carboxylic acids is 1. The summed E-state index contributed by atoms with van der Waals surface area (Å²) in [5.41, 5.74) is -0.754. The van der Waals surface area contributed by atoms with Crippen LogP contribution >= 0.6 is 0 Å². The number of amides is 1. The second-order valence-corrected chi connectivity index (χ2v) is 4.91. The Morgan fingerprint density at radius 3 is 2.75 bits per heavy atom. The van der Waals surface area contributed by atoms with Crippen LogP contribution < -0.4 is 5.32 Å². The summed E-state index contributed by atoms with van der Waals surface area (Å²) < 4.78 is 31.5. The number of rotatable bonds is 7. The molecule has 1 amide bonds. The Hall–Kier alpha value is -1.53. The Labute approximate surface area is 116 Å². The molecule has 20 heavy (non-hydrogen) atoms. The third-order valence-electron chi connectivity index (χ3n) is 2.95. The molecule has 0 aliphatic heterocycles. The van der Waals surface area contributed by atoms with Crippen LogP contribution in [0.4, 0.5) is 8.78 Å². The summed E-state index contributed by atoms with van der Waals surface area (Å²) in [7, 11) is 1.48. The minimum Gasteiger partial charge on any atom is -0.396 e. The summed E-state index contributed by atoms with van der Waals surface area (Å²) in [6.07, 6.45) is 0.0343. The van der Waals surface area contributed by atoms with Gasteiger partial charge in [0.2, 0.25) is 5.91 Å². The molecule has 0 spiro atoms. The average Bonchev–Trinajstić information content (AvgIpc) is 2.35. The van der Waals surface area contributed by atoms with Gasteiger partial charge in [0.25, 0.3) is 0 Å². The van der Waals surface area contributed by atoms with Gasteiger partial charge < -0.3 is 15.2 Å². The number of hydrogen-bond donors (Lipinski definition) is 2. The Kier molecular flexibility index (Phi) is 6.04. The van der Waals surface area contributed by atoms with Crippen molar-refractivity contribution in [2.24, 2.45) is 0 Å². The molecule has 0 radical (unpaired) electrons. The third kappa shape index (κ3) is 4.54. The Bertz CT molecular complexity index is 460. The van der Waals surface area contributed by atoms with Gasteiger partial charge in [-0.2, -0.15) is 0 Å². The lowest BCUT2D eigenvalue weighted by atomic mass is 9.98. The molecule has 0 aromatic heterocycles.